The van der Waals surface area contributed by atoms with Gasteiger partial charge >= 0.3 is 6.09 Å². The quantitative estimate of drug-likeness (QED) is 0.497. The first-order chi connectivity index (χ1) is 12.8. The van der Waals surface area contributed by atoms with Gasteiger partial charge in [0.1, 0.15) is 11.1 Å². The first-order valence-corrected chi connectivity index (χ1v) is 8.57. The van der Waals surface area contributed by atoms with Gasteiger partial charge in [0.2, 0.25) is 5.28 Å². The zero-order chi connectivity index (χ0) is 19.2. The first kappa shape index (κ1) is 17.3. The van der Waals surface area contributed by atoms with E-state index in [1.807, 2.05) is 6.07 Å². The van der Waals surface area contributed by atoms with Crippen molar-refractivity contribution in [2.75, 3.05) is 5.32 Å². The largest absolute Gasteiger partial charge is 0.459 e. The minimum Gasteiger partial charge on any atom is -0.459 e. The van der Waals surface area contributed by atoms with Crippen molar-refractivity contribution in [3.05, 3.63) is 42.0 Å². The van der Waals surface area contributed by atoms with Crippen LogP contribution in [-0.4, -0.2) is 31.4 Å². The lowest BCUT2D eigenvalue weighted by Crippen LogP contribution is -2.27. The summed E-state index contributed by atoms with van der Waals surface area (Å²) in [4.78, 5) is 20.6. The monoisotopic (exact) mass is 385 g/mol. The maximum atomic E-state index is 12.3. The van der Waals surface area contributed by atoms with Gasteiger partial charge in [-0.2, -0.15) is 14.8 Å². The van der Waals surface area contributed by atoms with Crippen LogP contribution in [0.2, 0.25) is 5.28 Å². The summed E-state index contributed by atoms with van der Waals surface area (Å²) in [5, 5.41) is 8.17. The van der Waals surface area contributed by atoms with Crippen molar-refractivity contribution in [2.24, 2.45) is 0 Å². The van der Waals surface area contributed by atoms with Gasteiger partial charge in [0.25, 0.3) is 0 Å². The van der Waals surface area contributed by atoms with Crippen molar-refractivity contribution in [1.29, 1.82) is 0 Å². The number of benzene rings is 1. The van der Waals surface area contributed by atoms with Crippen LogP contribution in [0.5, 0.6) is 0 Å². The number of hydrogen-bond acceptors (Lipinski definition) is 7. The summed E-state index contributed by atoms with van der Waals surface area (Å²) in [6, 6.07) is 7.13. The Kier molecular flexibility index (Phi) is 4.00. The highest BCUT2D eigenvalue weighted by atomic mass is 35.5. The number of halogens is 1. The number of nitrogens with zero attached hydrogens (tertiary/aromatic N) is 4. The molecular weight excluding hydrogens is 370 g/mol. The molecule has 0 fully saturated rings. The van der Waals surface area contributed by atoms with E-state index in [0.717, 1.165) is 11.1 Å². The predicted molar refractivity (Wildman–Crippen MR) is 101 cm³/mol. The number of hydrogen-bond donors (Lipinski definition) is 1. The van der Waals surface area contributed by atoms with Crippen molar-refractivity contribution >= 4 is 51.2 Å². The van der Waals surface area contributed by atoms with Gasteiger partial charge < -0.3 is 14.5 Å². The third-order valence-electron chi connectivity index (χ3n) is 3.67. The van der Waals surface area contributed by atoms with E-state index in [9.17, 15) is 4.79 Å². The number of nitrogens with one attached hydrogen (secondary N) is 1. The van der Waals surface area contributed by atoms with E-state index >= 15 is 0 Å². The van der Waals surface area contributed by atoms with E-state index < -0.39 is 11.7 Å². The van der Waals surface area contributed by atoms with Gasteiger partial charge in [0, 0.05) is 17.1 Å². The second-order valence-electron chi connectivity index (χ2n) is 6.91. The zero-order valence-corrected chi connectivity index (χ0v) is 15.6. The molecule has 0 amide bonds. The van der Waals surface area contributed by atoms with Crippen LogP contribution in [0.1, 0.15) is 20.8 Å². The molecule has 1 N–H and O–H groups in total. The van der Waals surface area contributed by atoms with Crippen LogP contribution in [0.25, 0.3) is 22.0 Å². The van der Waals surface area contributed by atoms with Crippen molar-refractivity contribution in [3.8, 4) is 0 Å². The van der Waals surface area contributed by atoms with Gasteiger partial charge in [-0.05, 0) is 50.6 Å². The number of furan rings is 1. The molecule has 0 radical (unpaired) electrons. The second-order valence-corrected chi connectivity index (χ2v) is 7.25. The fraction of sp³-hybridized carbons (Fsp3) is 0.222. The third kappa shape index (κ3) is 3.43. The van der Waals surface area contributed by atoms with E-state index in [-0.39, 0.29) is 5.28 Å². The van der Waals surface area contributed by atoms with Gasteiger partial charge in [-0.3, -0.25) is 0 Å². The van der Waals surface area contributed by atoms with Gasteiger partial charge in [0.15, 0.2) is 11.4 Å². The Morgan fingerprint density at radius 3 is 2.85 bits per heavy atom. The smallest absolute Gasteiger partial charge is 0.435 e. The molecule has 4 rings (SSSR count). The first-order valence-electron chi connectivity index (χ1n) is 8.19. The predicted octanol–water partition coefficient (Wildman–Crippen LogP) is 4.75. The Morgan fingerprint density at radius 2 is 2.07 bits per heavy atom. The average Bonchev–Trinajstić information content (AvgIpc) is 3.19. The van der Waals surface area contributed by atoms with Crippen molar-refractivity contribution in [3.63, 3.8) is 0 Å². The number of rotatable bonds is 2. The Morgan fingerprint density at radius 1 is 1.26 bits per heavy atom. The second kappa shape index (κ2) is 6.24. The Balaban J connectivity index is 1.66. The summed E-state index contributed by atoms with van der Waals surface area (Å²) in [6.45, 7) is 5.42. The molecule has 0 saturated heterocycles. The summed E-state index contributed by atoms with van der Waals surface area (Å²) < 4.78 is 12.0. The maximum Gasteiger partial charge on any atom is 0.435 e. The van der Waals surface area contributed by atoms with Crippen LogP contribution >= 0.6 is 11.6 Å². The van der Waals surface area contributed by atoms with E-state index in [2.05, 4.69) is 20.4 Å². The van der Waals surface area contributed by atoms with Gasteiger partial charge in [-0.1, -0.05) is 0 Å². The minimum atomic E-state index is -0.600. The summed E-state index contributed by atoms with van der Waals surface area (Å²) in [5.74, 6) is 0.453. The van der Waals surface area contributed by atoms with Crippen molar-refractivity contribution in [2.45, 2.75) is 26.4 Å². The molecule has 3 heterocycles. The molecule has 1 aromatic carbocycles. The SMILES string of the molecule is CC(C)(C)OC(=O)n1ncc2cc(Nc3nc(Cl)nc4ccoc34)ccc21. The molecular formula is C18H16ClN5O3. The maximum absolute atomic E-state index is 12.3. The highest BCUT2D eigenvalue weighted by molar-refractivity contribution is 6.28. The molecule has 0 bridgehead atoms. The number of fused-ring (bicyclic) bond motifs is 2. The van der Waals surface area contributed by atoms with Crippen LogP contribution in [0.4, 0.5) is 16.3 Å². The van der Waals surface area contributed by atoms with E-state index in [4.69, 9.17) is 20.8 Å². The molecule has 0 spiro atoms. The Hall–Kier alpha value is -3.13. The molecule has 9 heteroatoms. The van der Waals surface area contributed by atoms with Crippen LogP contribution in [0.15, 0.2) is 41.1 Å². The number of ether oxygens (including phenoxy) is 1. The number of carbonyl (C=O) groups is 1. The van der Waals surface area contributed by atoms with Gasteiger partial charge in [-0.25, -0.2) is 9.78 Å². The molecule has 27 heavy (non-hydrogen) atoms. The summed E-state index contributed by atoms with van der Waals surface area (Å²) >= 11 is 5.96. The van der Waals surface area contributed by atoms with Crippen molar-refractivity contribution < 1.29 is 13.9 Å². The summed E-state index contributed by atoms with van der Waals surface area (Å²) in [7, 11) is 0. The van der Waals surface area contributed by atoms with E-state index in [1.54, 1.807) is 45.2 Å². The molecule has 0 aliphatic heterocycles. The van der Waals surface area contributed by atoms with Gasteiger partial charge in [0.05, 0.1) is 18.0 Å². The molecule has 138 valence electrons. The normalized spacial score (nSPS) is 11.9. The molecule has 0 aliphatic carbocycles. The standard InChI is InChI=1S/C18H16ClN5O3/c1-18(2,3)27-17(25)24-13-5-4-11(8-10(13)9-20-24)21-15-14-12(6-7-26-14)22-16(19)23-15/h4-9H,1-3H3,(H,21,22,23). The Labute approximate surface area is 159 Å². The number of aromatic nitrogens is 4. The number of anilines is 2. The summed E-state index contributed by atoms with van der Waals surface area (Å²) in [6.07, 6.45) is 2.59. The molecule has 3 aromatic heterocycles. The number of carbonyl (C=O) groups excluding carboxylic acids is 1. The lowest BCUT2D eigenvalue weighted by Gasteiger charge is -2.19. The van der Waals surface area contributed by atoms with Gasteiger partial charge in [-0.15, -0.1) is 0 Å². The fourth-order valence-electron chi connectivity index (χ4n) is 2.62. The topological polar surface area (TPSA) is 95.1 Å². The van der Waals surface area contributed by atoms with E-state index in [1.165, 1.54) is 10.9 Å². The highest BCUT2D eigenvalue weighted by Crippen LogP contribution is 2.28. The summed E-state index contributed by atoms with van der Waals surface area (Å²) in [5.41, 5.74) is 1.88. The van der Waals surface area contributed by atoms with Crippen LogP contribution in [-0.2, 0) is 4.74 Å². The average molecular weight is 386 g/mol. The highest BCUT2D eigenvalue weighted by Gasteiger charge is 2.20. The molecule has 0 atom stereocenters. The lowest BCUT2D eigenvalue weighted by molar-refractivity contribution is 0.0522. The molecule has 0 saturated carbocycles. The van der Waals surface area contributed by atoms with Crippen LogP contribution < -0.4 is 5.32 Å². The fourth-order valence-corrected chi connectivity index (χ4v) is 2.79. The molecule has 4 aromatic rings. The molecule has 0 unspecified atom stereocenters. The Bertz CT molecular complexity index is 1160. The minimum absolute atomic E-state index is 0.116. The van der Waals surface area contributed by atoms with Crippen molar-refractivity contribution in [1.82, 2.24) is 19.7 Å². The lowest BCUT2D eigenvalue weighted by atomic mass is 10.2. The van der Waals surface area contributed by atoms with Crippen LogP contribution in [0, 0.1) is 0 Å². The third-order valence-corrected chi connectivity index (χ3v) is 3.84. The molecule has 8 nitrogen and oxygen atoms in total. The van der Waals surface area contributed by atoms with Crippen LogP contribution in [0.3, 0.4) is 0 Å². The molecule has 0 aliphatic rings. The zero-order valence-electron chi connectivity index (χ0n) is 14.9. The van der Waals surface area contributed by atoms with E-state index in [0.29, 0.717) is 22.4 Å².